The van der Waals surface area contributed by atoms with Gasteiger partial charge in [0.1, 0.15) is 0 Å². The molecule has 2 aromatic carbocycles. The maximum absolute atomic E-state index is 12.4. The Morgan fingerprint density at radius 1 is 1.14 bits per heavy atom. The van der Waals surface area contributed by atoms with Crippen LogP contribution < -0.4 is 5.32 Å². The van der Waals surface area contributed by atoms with E-state index in [9.17, 15) is 4.79 Å². The van der Waals surface area contributed by atoms with Gasteiger partial charge in [-0.05, 0) is 65.4 Å². The molecule has 1 heterocycles. The summed E-state index contributed by atoms with van der Waals surface area (Å²) in [6, 6.07) is 14.1. The van der Waals surface area contributed by atoms with Crippen LogP contribution in [0.15, 0.2) is 47.6 Å². The third-order valence-corrected chi connectivity index (χ3v) is 5.72. The molecule has 0 aliphatic carbocycles. The number of hydrogen-bond donors (Lipinski definition) is 1. The number of rotatable bonds is 7. The van der Waals surface area contributed by atoms with Crippen LogP contribution in [0.3, 0.4) is 0 Å². The van der Waals surface area contributed by atoms with E-state index in [-0.39, 0.29) is 11.7 Å². The van der Waals surface area contributed by atoms with Crippen molar-refractivity contribution in [2.24, 2.45) is 0 Å². The van der Waals surface area contributed by atoms with Gasteiger partial charge in [-0.2, -0.15) is 4.68 Å². The quantitative estimate of drug-likeness (QED) is 0.595. The summed E-state index contributed by atoms with van der Waals surface area (Å²) in [5.41, 5.74) is 5.20. The second-order valence-corrected chi connectivity index (χ2v) is 7.82. The van der Waals surface area contributed by atoms with Gasteiger partial charge in [-0.15, -0.1) is 5.10 Å². The van der Waals surface area contributed by atoms with Gasteiger partial charge >= 0.3 is 0 Å². The van der Waals surface area contributed by atoms with Crippen LogP contribution in [0.1, 0.15) is 42.9 Å². The Bertz CT molecular complexity index is 931. The van der Waals surface area contributed by atoms with E-state index in [2.05, 4.69) is 46.8 Å². The first-order chi connectivity index (χ1) is 13.5. The summed E-state index contributed by atoms with van der Waals surface area (Å²) in [4.78, 5) is 12.4. The van der Waals surface area contributed by atoms with E-state index < -0.39 is 0 Å². The molecule has 0 bridgehead atoms. The number of nitrogens with zero attached hydrogens (tertiary/aromatic N) is 4. The van der Waals surface area contributed by atoms with Crippen LogP contribution in [0.2, 0.25) is 0 Å². The Kier molecular flexibility index (Phi) is 6.46. The molecule has 1 atom stereocenters. The number of tetrazole rings is 1. The lowest BCUT2D eigenvalue weighted by Crippen LogP contribution is -2.15. The zero-order valence-corrected chi connectivity index (χ0v) is 17.5. The molecule has 0 fully saturated rings. The number of thioether (sulfide) groups is 1. The van der Waals surface area contributed by atoms with Crippen molar-refractivity contribution in [2.45, 2.75) is 45.2 Å². The minimum absolute atomic E-state index is 0.0858. The number of amides is 1. The number of aryl methyl sites for hydroxylation is 2. The van der Waals surface area contributed by atoms with Crippen LogP contribution in [0.4, 0.5) is 5.69 Å². The van der Waals surface area contributed by atoms with Gasteiger partial charge in [0, 0.05) is 5.69 Å². The molecule has 0 spiro atoms. The largest absolute Gasteiger partial charge is 0.325 e. The molecule has 6 nitrogen and oxygen atoms in total. The van der Waals surface area contributed by atoms with Gasteiger partial charge in [-0.1, -0.05) is 55.9 Å². The van der Waals surface area contributed by atoms with Crippen molar-refractivity contribution in [1.29, 1.82) is 0 Å². The summed E-state index contributed by atoms with van der Waals surface area (Å²) in [5.74, 6) is 0.666. The fraction of sp³-hybridized carbons (Fsp3) is 0.333. The summed E-state index contributed by atoms with van der Waals surface area (Å²) in [6.45, 7) is 8.41. The number of aromatic nitrogens is 4. The highest BCUT2D eigenvalue weighted by Gasteiger charge is 2.15. The van der Waals surface area contributed by atoms with Crippen molar-refractivity contribution in [3.8, 4) is 5.69 Å². The summed E-state index contributed by atoms with van der Waals surface area (Å²) in [5, 5.41) is 15.5. The lowest BCUT2D eigenvalue weighted by Gasteiger charge is -2.11. The minimum atomic E-state index is -0.0858. The lowest BCUT2D eigenvalue weighted by atomic mass is 9.99. The van der Waals surface area contributed by atoms with Crippen molar-refractivity contribution in [1.82, 2.24) is 20.2 Å². The van der Waals surface area contributed by atoms with E-state index in [1.807, 2.05) is 44.2 Å². The summed E-state index contributed by atoms with van der Waals surface area (Å²) >= 11 is 1.32. The van der Waals surface area contributed by atoms with Crippen LogP contribution in [0, 0.1) is 13.8 Å². The molecule has 1 amide bonds. The van der Waals surface area contributed by atoms with Crippen molar-refractivity contribution in [3.63, 3.8) is 0 Å². The van der Waals surface area contributed by atoms with Crippen LogP contribution >= 0.6 is 11.8 Å². The van der Waals surface area contributed by atoms with Crippen LogP contribution in [0.25, 0.3) is 5.69 Å². The van der Waals surface area contributed by atoms with Gasteiger partial charge in [-0.25, -0.2) is 0 Å². The molecule has 0 radical (unpaired) electrons. The highest BCUT2D eigenvalue weighted by Crippen LogP contribution is 2.24. The third-order valence-electron chi connectivity index (χ3n) is 4.80. The Labute approximate surface area is 169 Å². The number of anilines is 1. The van der Waals surface area contributed by atoms with Crippen molar-refractivity contribution in [2.75, 3.05) is 11.1 Å². The zero-order chi connectivity index (χ0) is 20.1. The monoisotopic (exact) mass is 395 g/mol. The van der Waals surface area contributed by atoms with E-state index in [0.717, 1.165) is 28.9 Å². The molecule has 28 heavy (non-hydrogen) atoms. The Hall–Kier alpha value is -2.67. The molecule has 1 N–H and O–H groups in total. The van der Waals surface area contributed by atoms with Crippen LogP contribution in [0.5, 0.6) is 0 Å². The van der Waals surface area contributed by atoms with Gasteiger partial charge in [0.15, 0.2) is 0 Å². The third kappa shape index (κ3) is 4.59. The summed E-state index contributed by atoms with van der Waals surface area (Å²) in [7, 11) is 0. The second kappa shape index (κ2) is 9.01. The fourth-order valence-corrected chi connectivity index (χ4v) is 3.68. The highest BCUT2D eigenvalue weighted by atomic mass is 32.2. The minimum Gasteiger partial charge on any atom is -0.325 e. The molecular formula is C21H25N5OS. The predicted octanol–water partition coefficient (Wildman–Crippen LogP) is 4.52. The number of para-hydroxylation sites is 1. The predicted molar refractivity (Wildman–Crippen MR) is 113 cm³/mol. The molecule has 0 unspecified atom stereocenters. The van der Waals surface area contributed by atoms with Gasteiger partial charge in [0.2, 0.25) is 11.1 Å². The van der Waals surface area contributed by atoms with E-state index >= 15 is 0 Å². The van der Waals surface area contributed by atoms with Gasteiger partial charge in [-0.3, -0.25) is 4.79 Å². The van der Waals surface area contributed by atoms with E-state index in [0.29, 0.717) is 11.1 Å². The fourth-order valence-electron chi connectivity index (χ4n) is 3.01. The first-order valence-corrected chi connectivity index (χ1v) is 10.4. The average Bonchev–Trinajstić information content (AvgIpc) is 3.14. The van der Waals surface area contributed by atoms with Gasteiger partial charge in [0.25, 0.3) is 0 Å². The zero-order valence-electron chi connectivity index (χ0n) is 16.6. The summed E-state index contributed by atoms with van der Waals surface area (Å²) in [6.07, 6.45) is 1.09. The molecule has 3 aromatic rings. The van der Waals surface area contributed by atoms with Crippen molar-refractivity contribution in [3.05, 3.63) is 59.2 Å². The Balaban J connectivity index is 1.64. The molecule has 146 valence electrons. The smallest absolute Gasteiger partial charge is 0.234 e. The average molecular weight is 396 g/mol. The topological polar surface area (TPSA) is 72.7 Å². The maximum Gasteiger partial charge on any atom is 0.234 e. The van der Waals surface area contributed by atoms with Crippen molar-refractivity contribution >= 4 is 23.4 Å². The second-order valence-electron chi connectivity index (χ2n) is 6.88. The standard InChI is InChI=1S/C21H25N5OS/c1-5-14(2)17-9-11-18(12-10-17)22-19(27)13-28-21-23-24-25-26(21)20-15(3)7-6-8-16(20)4/h6-12,14H,5,13H2,1-4H3,(H,22,27)/t14-/m1/s1. The Morgan fingerprint density at radius 3 is 2.46 bits per heavy atom. The van der Waals surface area contributed by atoms with E-state index in [1.165, 1.54) is 17.3 Å². The van der Waals surface area contributed by atoms with E-state index in [1.54, 1.807) is 4.68 Å². The molecule has 3 rings (SSSR count). The lowest BCUT2D eigenvalue weighted by molar-refractivity contribution is -0.113. The van der Waals surface area contributed by atoms with Gasteiger partial charge < -0.3 is 5.32 Å². The normalized spacial score (nSPS) is 12.0. The molecular weight excluding hydrogens is 370 g/mol. The molecule has 0 saturated carbocycles. The molecule has 7 heteroatoms. The number of carbonyl (C=O) groups excluding carboxylic acids is 1. The summed E-state index contributed by atoms with van der Waals surface area (Å²) < 4.78 is 1.70. The van der Waals surface area contributed by atoms with Crippen LogP contribution in [-0.2, 0) is 4.79 Å². The molecule has 0 aliphatic rings. The SMILES string of the molecule is CC[C@@H](C)c1ccc(NC(=O)CSc2nnnn2-c2c(C)cccc2C)cc1. The number of carbonyl (C=O) groups is 1. The maximum atomic E-state index is 12.4. The number of benzene rings is 2. The highest BCUT2D eigenvalue weighted by molar-refractivity contribution is 7.99. The van der Waals surface area contributed by atoms with Crippen molar-refractivity contribution < 1.29 is 4.79 Å². The molecule has 1 aromatic heterocycles. The Morgan fingerprint density at radius 2 is 1.82 bits per heavy atom. The first-order valence-electron chi connectivity index (χ1n) is 9.37. The first kappa shape index (κ1) is 20.1. The molecule has 0 saturated heterocycles. The number of hydrogen-bond acceptors (Lipinski definition) is 5. The van der Waals surface area contributed by atoms with Crippen LogP contribution in [-0.4, -0.2) is 31.9 Å². The number of nitrogens with one attached hydrogen (secondary N) is 1. The molecule has 0 aliphatic heterocycles. The van der Waals surface area contributed by atoms with E-state index in [4.69, 9.17) is 0 Å². The van der Waals surface area contributed by atoms with Gasteiger partial charge in [0.05, 0.1) is 11.4 Å².